The summed E-state index contributed by atoms with van der Waals surface area (Å²) in [5.41, 5.74) is 1.20. The zero-order chi connectivity index (χ0) is 19.2. The van der Waals surface area contributed by atoms with Crippen molar-refractivity contribution in [3.05, 3.63) is 65.7 Å². The first-order valence-corrected chi connectivity index (χ1v) is 9.73. The largest absolute Gasteiger partial charge is 0.370 e. The Morgan fingerprint density at radius 3 is 2.46 bits per heavy atom. The molecule has 0 unspecified atom stereocenters. The first-order chi connectivity index (χ1) is 13.8. The van der Waals surface area contributed by atoms with E-state index in [1.807, 2.05) is 30.3 Å². The second kappa shape index (κ2) is 8.84. The van der Waals surface area contributed by atoms with E-state index in [0.717, 1.165) is 61.8 Å². The molecule has 1 aliphatic heterocycles. The minimum atomic E-state index is 0.766. The fraction of sp³-hybridized carbons (Fsp3) is 0.300. The Labute approximate surface area is 169 Å². The lowest BCUT2D eigenvalue weighted by Gasteiger charge is -2.35. The molecule has 0 bridgehead atoms. The Kier molecular flexibility index (Phi) is 5.82. The number of rotatable bonds is 6. The second-order valence-electron chi connectivity index (χ2n) is 6.59. The van der Waals surface area contributed by atoms with Crippen LogP contribution in [0, 0.1) is 0 Å². The summed E-state index contributed by atoms with van der Waals surface area (Å²) in [5.74, 6) is 2.56. The van der Waals surface area contributed by atoms with Crippen LogP contribution in [0.3, 0.4) is 0 Å². The van der Waals surface area contributed by atoms with Crippen molar-refractivity contribution in [3.63, 3.8) is 0 Å². The van der Waals surface area contributed by atoms with Crippen molar-refractivity contribution in [1.82, 2.24) is 19.9 Å². The van der Waals surface area contributed by atoms with E-state index in [-0.39, 0.29) is 0 Å². The number of hydrogen-bond donors (Lipinski definition) is 1. The quantitative estimate of drug-likeness (QED) is 0.688. The molecule has 3 heterocycles. The van der Waals surface area contributed by atoms with Crippen LogP contribution in [0.1, 0.15) is 5.56 Å². The summed E-state index contributed by atoms with van der Waals surface area (Å²) in [7, 11) is 0. The van der Waals surface area contributed by atoms with Gasteiger partial charge >= 0.3 is 0 Å². The van der Waals surface area contributed by atoms with Gasteiger partial charge in [0.05, 0.1) is 0 Å². The van der Waals surface area contributed by atoms with Crippen LogP contribution in [-0.4, -0.2) is 52.7 Å². The number of halogens is 1. The monoisotopic (exact) mass is 395 g/mol. The molecule has 7 nitrogen and oxygen atoms in total. The third-order valence-electron chi connectivity index (χ3n) is 4.70. The molecule has 2 aromatic heterocycles. The maximum atomic E-state index is 6.04. The highest BCUT2D eigenvalue weighted by Gasteiger charge is 2.20. The van der Waals surface area contributed by atoms with Crippen LogP contribution in [0.25, 0.3) is 0 Å². The molecule has 0 radical (unpaired) electrons. The van der Waals surface area contributed by atoms with Crippen molar-refractivity contribution in [2.45, 2.75) is 6.42 Å². The Morgan fingerprint density at radius 1 is 0.893 bits per heavy atom. The highest BCUT2D eigenvalue weighted by atomic mass is 35.5. The Hall–Kier alpha value is -2.93. The van der Waals surface area contributed by atoms with Gasteiger partial charge in [-0.2, -0.15) is 0 Å². The summed E-state index contributed by atoms with van der Waals surface area (Å²) in [6.45, 7) is 4.27. The predicted molar refractivity (Wildman–Crippen MR) is 112 cm³/mol. The van der Waals surface area contributed by atoms with Crippen LogP contribution in [0.15, 0.2) is 55.1 Å². The van der Waals surface area contributed by atoms with Crippen molar-refractivity contribution in [2.24, 2.45) is 0 Å². The van der Waals surface area contributed by atoms with Crippen molar-refractivity contribution in [3.8, 4) is 0 Å². The number of hydrogen-bond acceptors (Lipinski definition) is 7. The van der Waals surface area contributed by atoms with Crippen LogP contribution < -0.4 is 15.1 Å². The number of anilines is 3. The molecule has 1 fully saturated rings. The third-order valence-corrected chi connectivity index (χ3v) is 4.94. The number of aromatic nitrogens is 4. The summed E-state index contributed by atoms with van der Waals surface area (Å²) in [4.78, 5) is 21.9. The van der Waals surface area contributed by atoms with Gasteiger partial charge in [0.15, 0.2) is 0 Å². The highest BCUT2D eigenvalue weighted by molar-refractivity contribution is 6.30. The molecule has 0 spiro atoms. The fourth-order valence-electron chi connectivity index (χ4n) is 3.23. The average Bonchev–Trinajstić information content (AvgIpc) is 2.75. The van der Waals surface area contributed by atoms with Gasteiger partial charge in [-0.25, -0.2) is 19.9 Å². The lowest BCUT2D eigenvalue weighted by molar-refractivity contribution is 0.634. The number of nitrogens with one attached hydrogen (secondary N) is 1. The zero-order valence-corrected chi connectivity index (χ0v) is 16.3. The highest BCUT2D eigenvalue weighted by Crippen LogP contribution is 2.18. The molecule has 1 N–H and O–H groups in total. The summed E-state index contributed by atoms with van der Waals surface area (Å²) in [6.07, 6.45) is 6.06. The summed E-state index contributed by atoms with van der Waals surface area (Å²) >= 11 is 6.04. The van der Waals surface area contributed by atoms with E-state index < -0.39 is 0 Å². The molecule has 1 aliphatic rings. The van der Waals surface area contributed by atoms with Crippen molar-refractivity contribution in [2.75, 3.05) is 47.8 Å². The molecular formula is C20H22ClN7. The molecular weight excluding hydrogens is 374 g/mol. The van der Waals surface area contributed by atoms with Gasteiger partial charge < -0.3 is 15.1 Å². The first-order valence-electron chi connectivity index (χ1n) is 9.35. The Balaban J connectivity index is 1.31. The summed E-state index contributed by atoms with van der Waals surface area (Å²) in [6, 6.07) is 11.8. The molecule has 8 heteroatoms. The van der Waals surface area contributed by atoms with Gasteiger partial charge in [-0.15, -0.1) is 0 Å². The third kappa shape index (κ3) is 4.67. The molecule has 0 atom stereocenters. The van der Waals surface area contributed by atoms with E-state index in [1.54, 1.807) is 18.7 Å². The molecule has 3 aromatic rings. The van der Waals surface area contributed by atoms with E-state index in [1.165, 1.54) is 5.56 Å². The summed E-state index contributed by atoms with van der Waals surface area (Å²) in [5, 5.41) is 4.14. The van der Waals surface area contributed by atoms with Gasteiger partial charge in [-0.1, -0.05) is 23.7 Å². The van der Waals surface area contributed by atoms with Crippen LogP contribution in [0.5, 0.6) is 0 Å². The fourth-order valence-corrected chi connectivity index (χ4v) is 3.45. The summed E-state index contributed by atoms with van der Waals surface area (Å²) < 4.78 is 0. The van der Waals surface area contributed by atoms with E-state index in [4.69, 9.17) is 11.6 Å². The van der Waals surface area contributed by atoms with E-state index in [0.29, 0.717) is 0 Å². The predicted octanol–water partition coefficient (Wildman–Crippen LogP) is 2.90. The maximum absolute atomic E-state index is 6.04. The van der Waals surface area contributed by atoms with Gasteiger partial charge in [-0.05, 0) is 30.2 Å². The molecule has 28 heavy (non-hydrogen) atoms. The van der Waals surface area contributed by atoms with Crippen LogP contribution >= 0.6 is 11.6 Å². The number of piperazine rings is 1. The average molecular weight is 396 g/mol. The topological polar surface area (TPSA) is 70.1 Å². The Morgan fingerprint density at radius 2 is 1.68 bits per heavy atom. The van der Waals surface area contributed by atoms with Gasteiger partial charge in [-0.3, -0.25) is 0 Å². The number of benzene rings is 1. The van der Waals surface area contributed by atoms with Gasteiger partial charge in [0.1, 0.15) is 18.0 Å². The van der Waals surface area contributed by atoms with E-state index in [9.17, 15) is 0 Å². The lowest BCUT2D eigenvalue weighted by atomic mass is 10.1. The SMILES string of the molecule is Clc1cccc(CCNc2cc(N3CCN(c4ncccn4)CC3)ncn2)c1. The lowest BCUT2D eigenvalue weighted by Crippen LogP contribution is -2.47. The van der Waals surface area contributed by atoms with Crippen molar-refractivity contribution >= 4 is 29.2 Å². The molecule has 0 amide bonds. The normalized spacial score (nSPS) is 14.2. The molecule has 4 rings (SSSR count). The van der Waals surface area contributed by atoms with Gasteiger partial charge in [0.2, 0.25) is 5.95 Å². The van der Waals surface area contributed by atoms with Crippen LogP contribution in [0.4, 0.5) is 17.6 Å². The van der Waals surface area contributed by atoms with Crippen molar-refractivity contribution < 1.29 is 0 Å². The molecule has 1 saturated heterocycles. The molecule has 1 aromatic carbocycles. The van der Waals surface area contributed by atoms with Crippen LogP contribution in [-0.2, 0) is 6.42 Å². The van der Waals surface area contributed by atoms with E-state index >= 15 is 0 Å². The maximum Gasteiger partial charge on any atom is 0.225 e. The first kappa shape index (κ1) is 18.4. The number of nitrogens with zero attached hydrogens (tertiary/aromatic N) is 6. The Bertz CT molecular complexity index is 898. The zero-order valence-electron chi connectivity index (χ0n) is 15.5. The minimum absolute atomic E-state index is 0.766. The second-order valence-corrected chi connectivity index (χ2v) is 7.03. The van der Waals surface area contributed by atoms with Crippen LogP contribution in [0.2, 0.25) is 5.02 Å². The molecule has 0 aliphatic carbocycles. The van der Waals surface area contributed by atoms with Gasteiger partial charge in [0.25, 0.3) is 0 Å². The van der Waals surface area contributed by atoms with Gasteiger partial charge in [0, 0.05) is 56.2 Å². The van der Waals surface area contributed by atoms with E-state index in [2.05, 4.69) is 41.1 Å². The molecule has 144 valence electrons. The van der Waals surface area contributed by atoms with Crippen molar-refractivity contribution in [1.29, 1.82) is 0 Å². The minimum Gasteiger partial charge on any atom is -0.370 e. The smallest absolute Gasteiger partial charge is 0.225 e. The molecule has 0 saturated carbocycles. The standard InChI is InChI=1S/C20H22ClN7/c21-17-4-1-3-16(13-17)5-8-22-18-14-19(26-15-25-18)27-9-11-28(12-10-27)20-23-6-2-7-24-20/h1-4,6-7,13-15H,5,8-12H2,(H,22,25,26).